The highest BCUT2D eigenvalue weighted by Crippen LogP contribution is 2.41. The molecule has 10 aromatic rings. The molecule has 276 valence electrons. The topological polar surface area (TPSA) is 23.4 Å². The van der Waals surface area contributed by atoms with Crippen LogP contribution >= 0.6 is 0 Å². The van der Waals surface area contributed by atoms with Crippen molar-refractivity contribution in [3.8, 4) is 45.2 Å². The van der Waals surface area contributed by atoms with Gasteiger partial charge >= 0.3 is 6.92 Å². The zero-order valence-corrected chi connectivity index (χ0v) is 33.1. The minimum absolute atomic E-state index is 0.324. The maximum atomic E-state index is 7.25. The molecule has 3 heterocycles. The van der Waals surface area contributed by atoms with E-state index in [4.69, 9.17) is 9.39 Å². The van der Waals surface area contributed by atoms with Gasteiger partial charge in [-0.2, -0.15) is 0 Å². The van der Waals surface area contributed by atoms with E-state index in [9.17, 15) is 0 Å². The van der Waals surface area contributed by atoms with Gasteiger partial charge in [0.2, 0.25) is 0 Å². The Morgan fingerprint density at radius 1 is 0.390 bits per heavy atom. The molecule has 59 heavy (non-hydrogen) atoms. The Bertz CT molecular complexity index is 3090. The number of fused-ring (bicyclic) bond motifs is 7. The van der Waals surface area contributed by atoms with Crippen LogP contribution in [0.1, 0.15) is 0 Å². The van der Waals surface area contributed by atoms with Crippen LogP contribution in [0.2, 0.25) is 0 Å². The van der Waals surface area contributed by atoms with Crippen molar-refractivity contribution < 1.29 is 9.39 Å². The predicted molar refractivity (Wildman–Crippen MR) is 247 cm³/mol. The standard InChI is InChI=1S/C54H36BNO2Si/c1-4-18-38(19-5-1)59(39-20-6-2-7-21-39,40-22-8-3-9-23-40)41-35-46-45-27-13-17-31-51(45)58-55-47-33-32-37(34-52(47)57-53(36-41)54(46)55)42-24-10-14-28-48(42)56-49-29-15-11-25-43(49)44-26-12-16-30-50(44)56/h1-36H. The second-order valence-corrected chi connectivity index (χ2v) is 19.3. The molecule has 0 unspecified atom stereocenters. The van der Waals surface area contributed by atoms with Crippen LogP contribution in [0.3, 0.4) is 0 Å². The van der Waals surface area contributed by atoms with E-state index in [1.54, 1.807) is 0 Å². The van der Waals surface area contributed by atoms with Gasteiger partial charge in [-0.1, -0.05) is 182 Å². The Kier molecular flexibility index (Phi) is 7.65. The van der Waals surface area contributed by atoms with Crippen LogP contribution in [-0.4, -0.2) is 19.6 Å². The van der Waals surface area contributed by atoms with Gasteiger partial charge in [-0.05, 0) is 68.3 Å². The van der Waals surface area contributed by atoms with E-state index in [1.165, 1.54) is 42.6 Å². The van der Waals surface area contributed by atoms with E-state index >= 15 is 0 Å². The van der Waals surface area contributed by atoms with E-state index in [0.29, 0.717) is 0 Å². The summed E-state index contributed by atoms with van der Waals surface area (Å²) in [7, 11) is -2.89. The van der Waals surface area contributed by atoms with Gasteiger partial charge in [-0.15, -0.1) is 0 Å². The van der Waals surface area contributed by atoms with Crippen molar-refractivity contribution in [3.05, 3.63) is 218 Å². The van der Waals surface area contributed by atoms with Crippen molar-refractivity contribution in [1.29, 1.82) is 0 Å². The average Bonchev–Trinajstić information content (AvgIpc) is 3.64. The number of ether oxygens (including phenoxy) is 1. The molecule has 0 N–H and O–H groups in total. The summed E-state index contributed by atoms with van der Waals surface area (Å²) in [6.45, 7) is -0.324. The summed E-state index contributed by atoms with van der Waals surface area (Å²) in [5.74, 6) is 2.54. The molecule has 3 nitrogen and oxygen atoms in total. The van der Waals surface area contributed by atoms with E-state index in [2.05, 4.69) is 223 Å². The van der Waals surface area contributed by atoms with Crippen molar-refractivity contribution in [3.63, 3.8) is 0 Å². The van der Waals surface area contributed by atoms with Crippen molar-refractivity contribution in [1.82, 2.24) is 4.57 Å². The molecule has 0 fully saturated rings. The van der Waals surface area contributed by atoms with Crippen LogP contribution in [-0.2, 0) is 0 Å². The van der Waals surface area contributed by atoms with E-state index in [0.717, 1.165) is 56.1 Å². The number of hydrogen-bond acceptors (Lipinski definition) is 2. The smallest absolute Gasteiger partial charge is 0.434 e. The number of hydrogen-bond donors (Lipinski definition) is 0. The lowest BCUT2D eigenvalue weighted by molar-refractivity contribution is 0.480. The van der Waals surface area contributed by atoms with Gasteiger partial charge in [0.1, 0.15) is 17.2 Å². The predicted octanol–water partition coefficient (Wildman–Crippen LogP) is 9.10. The number of aromatic nitrogens is 1. The Hall–Kier alpha value is -7.34. The fourth-order valence-electron chi connectivity index (χ4n) is 9.90. The summed E-state index contributed by atoms with van der Waals surface area (Å²) in [5.41, 5.74) is 10.1. The van der Waals surface area contributed by atoms with Crippen LogP contribution in [0, 0.1) is 0 Å². The molecule has 5 heteroatoms. The average molecular weight is 770 g/mol. The van der Waals surface area contributed by atoms with Crippen LogP contribution < -0.4 is 41.1 Å². The third kappa shape index (κ3) is 5.08. The molecule has 12 rings (SSSR count). The van der Waals surface area contributed by atoms with Crippen LogP contribution in [0.25, 0.3) is 49.7 Å². The van der Waals surface area contributed by atoms with Gasteiger partial charge in [0.15, 0.2) is 8.07 Å². The van der Waals surface area contributed by atoms with Gasteiger partial charge in [0.25, 0.3) is 0 Å². The summed E-state index contributed by atoms with van der Waals surface area (Å²) in [4.78, 5) is 0. The first-order chi connectivity index (χ1) is 29.3. The molecule has 0 amide bonds. The molecule has 0 atom stereocenters. The molecule has 0 aliphatic carbocycles. The Morgan fingerprint density at radius 3 is 1.58 bits per heavy atom. The summed E-state index contributed by atoms with van der Waals surface area (Å²) < 4.78 is 16.6. The zero-order chi connectivity index (χ0) is 38.9. The third-order valence-corrected chi connectivity index (χ3v) is 17.2. The first-order valence-corrected chi connectivity index (χ1v) is 22.3. The maximum Gasteiger partial charge on any atom is 0.434 e. The number of rotatable bonds is 6. The summed E-state index contributed by atoms with van der Waals surface area (Å²) in [6, 6.07) is 79.3. The Labute approximate surface area is 344 Å². The highest BCUT2D eigenvalue weighted by atomic mass is 28.3. The first kappa shape index (κ1) is 33.8. The molecule has 0 radical (unpaired) electrons. The lowest BCUT2D eigenvalue weighted by Crippen LogP contribution is -2.75. The van der Waals surface area contributed by atoms with Crippen LogP contribution in [0.4, 0.5) is 0 Å². The van der Waals surface area contributed by atoms with Gasteiger partial charge < -0.3 is 14.0 Å². The second-order valence-electron chi connectivity index (χ2n) is 15.5. The summed E-state index contributed by atoms with van der Waals surface area (Å²) in [6.07, 6.45) is 0. The molecule has 0 saturated carbocycles. The lowest BCUT2D eigenvalue weighted by atomic mass is 9.51. The normalized spacial score (nSPS) is 12.6. The Balaban J connectivity index is 1.08. The van der Waals surface area contributed by atoms with Gasteiger partial charge in [0.05, 0.1) is 16.7 Å². The number of nitrogens with zero attached hydrogens (tertiary/aromatic N) is 1. The fraction of sp³-hybridized carbons (Fsp3) is 0. The minimum Gasteiger partial charge on any atom is -0.551 e. The third-order valence-electron chi connectivity index (χ3n) is 12.4. The van der Waals surface area contributed by atoms with Gasteiger partial charge in [-0.3, -0.25) is 0 Å². The van der Waals surface area contributed by atoms with Gasteiger partial charge in [0, 0.05) is 32.8 Å². The SMILES string of the molecule is c1ccc([Si](c2ccccc2)(c2ccccc2)c2cc3c4c(c2)-c2ccccc2OB4c2ccc(-c4ccccc4-n4c5ccccc5c5ccccc54)cc2O3)cc1. The molecule has 0 spiro atoms. The fourth-order valence-corrected chi connectivity index (χ4v) is 14.7. The molecule has 0 bridgehead atoms. The van der Waals surface area contributed by atoms with E-state index < -0.39 is 8.07 Å². The molecule has 1 aromatic heterocycles. The molecule has 2 aliphatic rings. The zero-order valence-electron chi connectivity index (χ0n) is 32.1. The minimum atomic E-state index is -2.89. The molecular weight excluding hydrogens is 733 g/mol. The molecule has 9 aromatic carbocycles. The highest BCUT2D eigenvalue weighted by Gasteiger charge is 2.46. The molecule has 0 saturated heterocycles. The monoisotopic (exact) mass is 769 g/mol. The van der Waals surface area contributed by atoms with Crippen LogP contribution in [0.15, 0.2) is 218 Å². The lowest BCUT2D eigenvalue weighted by Gasteiger charge is -2.38. The summed E-state index contributed by atoms with van der Waals surface area (Å²) in [5, 5.41) is 7.71. The van der Waals surface area contributed by atoms with E-state index in [-0.39, 0.29) is 6.92 Å². The van der Waals surface area contributed by atoms with Crippen molar-refractivity contribution in [2.75, 3.05) is 0 Å². The quantitative estimate of drug-likeness (QED) is 0.125. The second kappa shape index (κ2) is 13.4. The number of benzene rings is 9. The van der Waals surface area contributed by atoms with Crippen molar-refractivity contribution >= 4 is 68.5 Å². The largest absolute Gasteiger partial charge is 0.551 e. The maximum absolute atomic E-state index is 7.25. The molecule has 2 aliphatic heterocycles. The van der Waals surface area contributed by atoms with Crippen molar-refractivity contribution in [2.45, 2.75) is 0 Å². The first-order valence-electron chi connectivity index (χ1n) is 20.3. The van der Waals surface area contributed by atoms with Gasteiger partial charge in [-0.25, -0.2) is 0 Å². The number of para-hydroxylation sites is 4. The van der Waals surface area contributed by atoms with Crippen molar-refractivity contribution in [2.24, 2.45) is 0 Å². The molecular formula is C54H36BNO2Si. The Morgan fingerprint density at radius 2 is 0.932 bits per heavy atom. The highest BCUT2D eigenvalue weighted by molar-refractivity contribution is 7.20. The summed E-state index contributed by atoms with van der Waals surface area (Å²) >= 11 is 0. The van der Waals surface area contributed by atoms with E-state index in [1.807, 2.05) is 0 Å². The van der Waals surface area contributed by atoms with Crippen LogP contribution in [0.5, 0.6) is 17.2 Å².